The van der Waals surface area contributed by atoms with Gasteiger partial charge in [-0.15, -0.1) is 0 Å². The predicted molar refractivity (Wildman–Crippen MR) is 107 cm³/mol. The largest absolute Gasteiger partial charge is 0.488 e. The normalized spacial score (nSPS) is 19.6. The molecule has 4 nitrogen and oxygen atoms in total. The van der Waals surface area contributed by atoms with Crippen LogP contribution in [-0.2, 0) is 6.42 Å². The zero-order valence-electron chi connectivity index (χ0n) is 16.0. The van der Waals surface area contributed by atoms with Crippen LogP contribution in [-0.4, -0.2) is 43.1 Å². The molecule has 0 bridgehead atoms. The summed E-state index contributed by atoms with van der Waals surface area (Å²) < 4.78 is 5.99. The highest BCUT2D eigenvalue weighted by Gasteiger charge is 2.25. The zero-order chi connectivity index (χ0) is 18.6. The van der Waals surface area contributed by atoms with E-state index in [2.05, 4.69) is 23.5 Å². The highest BCUT2D eigenvalue weighted by molar-refractivity contribution is 5.94. The van der Waals surface area contributed by atoms with Gasteiger partial charge >= 0.3 is 0 Å². The van der Waals surface area contributed by atoms with Crippen LogP contribution in [0.5, 0.6) is 5.75 Å². The average molecular weight is 364 g/mol. The average Bonchev–Trinajstić information content (AvgIpc) is 3.11. The molecule has 0 spiro atoms. The Bertz CT molecular complexity index is 771. The monoisotopic (exact) mass is 364 g/mol. The number of nitrogens with zero attached hydrogens (tertiary/aromatic N) is 1. The van der Waals surface area contributed by atoms with Crippen molar-refractivity contribution >= 4 is 5.91 Å². The van der Waals surface area contributed by atoms with Crippen LogP contribution >= 0.6 is 0 Å². The first-order chi connectivity index (χ1) is 13.2. The molecule has 1 atom stereocenters. The summed E-state index contributed by atoms with van der Waals surface area (Å²) in [7, 11) is 0. The molecule has 2 aliphatic rings. The Morgan fingerprint density at radius 1 is 1.11 bits per heavy atom. The van der Waals surface area contributed by atoms with Gasteiger partial charge in [0.1, 0.15) is 11.9 Å². The fourth-order valence-corrected chi connectivity index (χ4v) is 4.12. The van der Waals surface area contributed by atoms with Crippen LogP contribution in [0.25, 0.3) is 0 Å². The number of likely N-dealkylation sites (tertiary alicyclic amines) is 1. The van der Waals surface area contributed by atoms with E-state index < -0.39 is 0 Å². The third kappa shape index (κ3) is 4.33. The van der Waals surface area contributed by atoms with Crippen molar-refractivity contribution in [3.8, 4) is 5.75 Å². The van der Waals surface area contributed by atoms with Crippen LogP contribution in [0.3, 0.4) is 0 Å². The molecule has 0 aromatic heterocycles. The Labute approximate surface area is 161 Å². The van der Waals surface area contributed by atoms with Crippen LogP contribution < -0.4 is 10.1 Å². The third-order valence-electron chi connectivity index (χ3n) is 5.69. The Morgan fingerprint density at radius 3 is 2.70 bits per heavy atom. The van der Waals surface area contributed by atoms with Crippen molar-refractivity contribution in [3.05, 3.63) is 65.2 Å². The first-order valence-corrected chi connectivity index (χ1v) is 10.0. The molecular formula is C23H28N2O2. The van der Waals surface area contributed by atoms with E-state index in [1.54, 1.807) is 0 Å². The van der Waals surface area contributed by atoms with Crippen molar-refractivity contribution in [2.24, 2.45) is 5.92 Å². The van der Waals surface area contributed by atoms with Gasteiger partial charge in [-0.2, -0.15) is 0 Å². The molecule has 2 heterocycles. The van der Waals surface area contributed by atoms with Gasteiger partial charge in [0.15, 0.2) is 0 Å². The summed E-state index contributed by atoms with van der Waals surface area (Å²) >= 11 is 0. The van der Waals surface area contributed by atoms with Gasteiger partial charge in [-0.1, -0.05) is 35.9 Å². The number of nitrogens with one attached hydrogen (secondary N) is 1. The molecule has 27 heavy (non-hydrogen) atoms. The van der Waals surface area contributed by atoms with Gasteiger partial charge < -0.3 is 15.0 Å². The first-order valence-electron chi connectivity index (χ1n) is 10.0. The number of fused-ring (bicyclic) bond motifs is 1. The maximum absolute atomic E-state index is 12.6. The summed E-state index contributed by atoms with van der Waals surface area (Å²) in [6, 6.07) is 16.2. The topological polar surface area (TPSA) is 41.6 Å². The number of amides is 1. The molecule has 1 N–H and O–H groups in total. The smallest absolute Gasteiger partial charge is 0.253 e. The van der Waals surface area contributed by atoms with Gasteiger partial charge in [0, 0.05) is 31.6 Å². The number of rotatable bonds is 5. The fraction of sp³-hybridized carbons (Fsp3) is 0.435. The second-order valence-corrected chi connectivity index (χ2v) is 7.82. The van der Waals surface area contributed by atoms with Gasteiger partial charge in [0.05, 0.1) is 0 Å². The summed E-state index contributed by atoms with van der Waals surface area (Å²) in [4.78, 5) is 14.7. The van der Waals surface area contributed by atoms with Gasteiger partial charge in [0.25, 0.3) is 5.91 Å². The molecule has 4 heteroatoms. The van der Waals surface area contributed by atoms with E-state index in [0.717, 1.165) is 62.3 Å². The second-order valence-electron chi connectivity index (χ2n) is 7.82. The number of piperidine rings is 1. The minimum atomic E-state index is 0.169. The van der Waals surface area contributed by atoms with Crippen molar-refractivity contribution in [1.82, 2.24) is 10.2 Å². The zero-order valence-corrected chi connectivity index (χ0v) is 16.0. The van der Waals surface area contributed by atoms with Gasteiger partial charge in [0.2, 0.25) is 0 Å². The SMILES string of the molecule is Cc1cccc(C(=O)N2CCC(CNCC3Cc4ccccc4O3)CC2)c1. The Hall–Kier alpha value is -2.33. The van der Waals surface area contributed by atoms with E-state index in [1.165, 1.54) is 5.56 Å². The Kier molecular flexibility index (Phi) is 5.44. The molecule has 0 radical (unpaired) electrons. The van der Waals surface area contributed by atoms with Crippen LogP contribution in [0.15, 0.2) is 48.5 Å². The lowest BCUT2D eigenvalue weighted by atomic mass is 9.96. The summed E-state index contributed by atoms with van der Waals surface area (Å²) in [5.74, 6) is 1.84. The van der Waals surface area contributed by atoms with Crippen LogP contribution in [0, 0.1) is 12.8 Å². The number of hydrogen-bond acceptors (Lipinski definition) is 3. The van der Waals surface area contributed by atoms with Crippen molar-refractivity contribution < 1.29 is 9.53 Å². The molecule has 1 fully saturated rings. The first kappa shape index (κ1) is 18.1. The molecule has 2 aromatic carbocycles. The van der Waals surface area contributed by atoms with Crippen molar-refractivity contribution in [3.63, 3.8) is 0 Å². The van der Waals surface area contributed by atoms with Gasteiger partial charge in [-0.3, -0.25) is 4.79 Å². The molecular weight excluding hydrogens is 336 g/mol. The molecule has 4 rings (SSSR count). The number of hydrogen-bond donors (Lipinski definition) is 1. The van der Waals surface area contributed by atoms with Crippen molar-refractivity contribution in [2.75, 3.05) is 26.2 Å². The fourth-order valence-electron chi connectivity index (χ4n) is 4.12. The van der Waals surface area contributed by atoms with E-state index in [9.17, 15) is 4.79 Å². The molecule has 1 amide bonds. The van der Waals surface area contributed by atoms with E-state index in [1.807, 2.05) is 42.2 Å². The van der Waals surface area contributed by atoms with Crippen LogP contribution in [0.2, 0.25) is 0 Å². The highest BCUT2D eigenvalue weighted by atomic mass is 16.5. The lowest BCUT2D eigenvalue weighted by molar-refractivity contribution is 0.0689. The highest BCUT2D eigenvalue weighted by Crippen LogP contribution is 2.27. The Morgan fingerprint density at radius 2 is 1.93 bits per heavy atom. The molecule has 142 valence electrons. The molecule has 1 saturated heterocycles. The van der Waals surface area contributed by atoms with Gasteiger partial charge in [-0.05, 0) is 56.0 Å². The van der Waals surface area contributed by atoms with Gasteiger partial charge in [-0.25, -0.2) is 0 Å². The summed E-state index contributed by atoms with van der Waals surface area (Å²) in [5, 5.41) is 3.59. The number of ether oxygens (including phenoxy) is 1. The maximum atomic E-state index is 12.6. The van der Waals surface area contributed by atoms with Crippen molar-refractivity contribution in [2.45, 2.75) is 32.3 Å². The minimum Gasteiger partial charge on any atom is -0.488 e. The van der Waals surface area contributed by atoms with E-state index in [-0.39, 0.29) is 12.0 Å². The molecule has 0 saturated carbocycles. The molecule has 2 aromatic rings. The molecule has 0 aliphatic carbocycles. The summed E-state index contributed by atoms with van der Waals surface area (Å²) in [5.41, 5.74) is 3.26. The second kappa shape index (κ2) is 8.13. The molecule has 1 unspecified atom stereocenters. The van der Waals surface area contributed by atoms with Crippen molar-refractivity contribution in [1.29, 1.82) is 0 Å². The van der Waals surface area contributed by atoms with E-state index in [0.29, 0.717) is 5.92 Å². The van der Waals surface area contributed by atoms with E-state index in [4.69, 9.17) is 4.74 Å². The lowest BCUT2D eigenvalue weighted by Crippen LogP contribution is -2.42. The number of carbonyl (C=O) groups is 1. The summed E-state index contributed by atoms with van der Waals surface area (Å²) in [6.07, 6.45) is 3.37. The number of para-hydroxylation sites is 1. The van der Waals surface area contributed by atoms with Crippen LogP contribution in [0.4, 0.5) is 0 Å². The Balaban J connectivity index is 1.19. The summed E-state index contributed by atoms with van der Waals surface area (Å²) in [6.45, 7) is 5.62. The quantitative estimate of drug-likeness (QED) is 0.884. The third-order valence-corrected chi connectivity index (χ3v) is 5.69. The van der Waals surface area contributed by atoms with E-state index >= 15 is 0 Å². The standard InChI is InChI=1S/C23H28N2O2/c1-17-5-4-7-20(13-17)23(26)25-11-9-18(10-12-25)15-24-16-21-14-19-6-2-3-8-22(19)27-21/h2-8,13,18,21,24H,9-12,14-16H2,1H3. The number of carbonyl (C=O) groups excluding carboxylic acids is 1. The number of aryl methyl sites for hydroxylation is 1. The maximum Gasteiger partial charge on any atom is 0.253 e. The predicted octanol–water partition coefficient (Wildman–Crippen LogP) is 3.44. The number of benzene rings is 2. The van der Waals surface area contributed by atoms with Crippen LogP contribution in [0.1, 0.15) is 34.3 Å². The molecule has 2 aliphatic heterocycles. The lowest BCUT2D eigenvalue weighted by Gasteiger charge is -2.32. The minimum absolute atomic E-state index is 0.169.